The largest absolute Gasteiger partial charge is 0.366 e. The van der Waals surface area contributed by atoms with Crippen LogP contribution in [0.5, 0.6) is 0 Å². The monoisotopic (exact) mass is 309 g/mol. The number of carbonyl (C=O) groups excluding carboxylic acids is 1. The van der Waals surface area contributed by atoms with Crippen LogP contribution >= 0.6 is 0 Å². The minimum Gasteiger partial charge on any atom is -0.345 e. The Balaban J connectivity index is 1.90. The highest BCUT2D eigenvalue weighted by atomic mass is 16.5. The van der Waals surface area contributed by atoms with E-state index in [0.717, 1.165) is 5.69 Å². The van der Waals surface area contributed by atoms with Gasteiger partial charge < -0.3 is 9.84 Å². The average Bonchev–Trinajstić information content (AvgIpc) is 2.88. The van der Waals surface area contributed by atoms with Gasteiger partial charge in [0.2, 0.25) is 0 Å². The molecule has 3 rings (SSSR count). The average molecular weight is 309 g/mol. The van der Waals surface area contributed by atoms with Crippen LogP contribution in [0, 0.1) is 0 Å². The van der Waals surface area contributed by atoms with Crippen LogP contribution in [-0.4, -0.2) is 15.6 Å². The summed E-state index contributed by atoms with van der Waals surface area (Å²) < 4.78 is 6.25. The molecule has 0 unspecified atom stereocenters. The second-order valence-corrected chi connectivity index (χ2v) is 4.97. The van der Waals surface area contributed by atoms with Gasteiger partial charge in [-0.3, -0.25) is 9.78 Å². The van der Waals surface area contributed by atoms with Crippen molar-refractivity contribution in [1.29, 1.82) is 0 Å². The maximum absolute atomic E-state index is 12.5. The third kappa shape index (κ3) is 3.06. The summed E-state index contributed by atoms with van der Waals surface area (Å²) in [6.07, 6.45) is 1.66. The summed E-state index contributed by atoms with van der Waals surface area (Å²) in [5.41, 5.74) is 1.28. The van der Waals surface area contributed by atoms with Gasteiger partial charge in [-0.25, -0.2) is 9.53 Å². The standard InChI is InChI=1S/C17H15N3O3/c1-20-15(16(21)19-11-13-9-5-6-10-18-13)14(17(22)23-20)12-7-3-2-4-8-12/h2-10H,11H2,1H3,(H,19,21). The van der Waals surface area contributed by atoms with E-state index < -0.39 is 5.63 Å². The van der Waals surface area contributed by atoms with Crippen LogP contribution < -0.4 is 10.9 Å². The molecule has 0 saturated carbocycles. The summed E-state index contributed by atoms with van der Waals surface area (Å²) in [5, 5.41) is 2.76. The Bertz CT molecular complexity index is 867. The smallest absolute Gasteiger partial charge is 0.345 e. The van der Waals surface area contributed by atoms with Gasteiger partial charge in [0.05, 0.1) is 12.2 Å². The number of pyridine rings is 1. The highest BCUT2D eigenvalue weighted by molar-refractivity contribution is 5.98. The molecule has 0 aliphatic carbocycles. The van der Waals surface area contributed by atoms with E-state index in [1.54, 1.807) is 36.5 Å². The van der Waals surface area contributed by atoms with Crippen LogP contribution in [0.3, 0.4) is 0 Å². The first kappa shape index (κ1) is 14.8. The highest BCUT2D eigenvalue weighted by Crippen LogP contribution is 2.20. The van der Waals surface area contributed by atoms with Crippen LogP contribution in [0.15, 0.2) is 64.0 Å². The van der Waals surface area contributed by atoms with Gasteiger partial charge in [-0.2, -0.15) is 0 Å². The van der Waals surface area contributed by atoms with Crippen molar-refractivity contribution in [2.45, 2.75) is 6.54 Å². The molecule has 3 aromatic rings. The number of nitrogens with one attached hydrogen (secondary N) is 1. The first-order chi connectivity index (χ1) is 11.2. The van der Waals surface area contributed by atoms with Crippen molar-refractivity contribution in [3.8, 4) is 11.1 Å². The second kappa shape index (κ2) is 6.31. The normalized spacial score (nSPS) is 10.5. The number of amides is 1. The zero-order valence-electron chi connectivity index (χ0n) is 12.5. The predicted octanol–water partition coefficient (Wildman–Crippen LogP) is 1.97. The van der Waals surface area contributed by atoms with Crippen molar-refractivity contribution in [2.75, 3.05) is 0 Å². The lowest BCUT2D eigenvalue weighted by atomic mass is 10.1. The molecule has 0 atom stereocenters. The number of rotatable bonds is 4. The number of nitrogens with zero attached hydrogens (tertiary/aromatic N) is 2. The SMILES string of the molecule is Cn1oc(=O)c(-c2ccccc2)c1C(=O)NCc1ccccn1. The number of hydrogen-bond acceptors (Lipinski definition) is 4. The summed E-state index contributed by atoms with van der Waals surface area (Å²) in [5.74, 6) is -0.386. The van der Waals surface area contributed by atoms with E-state index in [4.69, 9.17) is 4.52 Å². The van der Waals surface area contributed by atoms with Crippen LogP contribution in [0.25, 0.3) is 11.1 Å². The molecule has 1 N–H and O–H groups in total. The summed E-state index contributed by atoms with van der Waals surface area (Å²) in [6, 6.07) is 14.4. The fourth-order valence-electron chi connectivity index (χ4n) is 2.34. The van der Waals surface area contributed by atoms with Crippen LogP contribution in [0.4, 0.5) is 0 Å². The van der Waals surface area contributed by atoms with Crippen LogP contribution in [-0.2, 0) is 13.6 Å². The van der Waals surface area contributed by atoms with Crippen molar-refractivity contribution in [3.05, 3.63) is 76.5 Å². The number of aryl methyl sites for hydroxylation is 1. The van der Waals surface area contributed by atoms with Crippen molar-refractivity contribution in [3.63, 3.8) is 0 Å². The van der Waals surface area contributed by atoms with Crippen LogP contribution in [0.1, 0.15) is 16.2 Å². The number of hydrogen-bond donors (Lipinski definition) is 1. The Kier molecular flexibility index (Phi) is 4.05. The summed E-state index contributed by atoms with van der Waals surface area (Å²) in [6.45, 7) is 0.271. The van der Waals surface area contributed by atoms with Crippen molar-refractivity contribution in [1.82, 2.24) is 15.0 Å². The lowest BCUT2D eigenvalue weighted by Crippen LogP contribution is -2.26. The molecule has 0 aliphatic rings. The molecule has 1 aromatic carbocycles. The lowest BCUT2D eigenvalue weighted by Gasteiger charge is -2.06. The lowest BCUT2D eigenvalue weighted by molar-refractivity contribution is 0.0930. The molecule has 6 heteroatoms. The molecule has 116 valence electrons. The maximum atomic E-state index is 12.5. The molecule has 2 aromatic heterocycles. The first-order valence-electron chi connectivity index (χ1n) is 7.10. The predicted molar refractivity (Wildman–Crippen MR) is 84.8 cm³/mol. The van der Waals surface area contributed by atoms with Gasteiger partial charge >= 0.3 is 5.63 Å². The molecule has 1 amide bonds. The van der Waals surface area contributed by atoms with E-state index in [1.165, 1.54) is 11.8 Å². The minimum absolute atomic E-state index is 0.192. The Morgan fingerprint density at radius 3 is 2.61 bits per heavy atom. The summed E-state index contributed by atoms with van der Waals surface area (Å²) in [7, 11) is 1.53. The van der Waals surface area contributed by atoms with E-state index in [9.17, 15) is 9.59 Å². The van der Waals surface area contributed by atoms with Crippen LogP contribution in [0.2, 0.25) is 0 Å². The van der Waals surface area contributed by atoms with Gasteiger partial charge in [0.1, 0.15) is 5.56 Å². The van der Waals surface area contributed by atoms with E-state index in [1.807, 2.05) is 18.2 Å². The topological polar surface area (TPSA) is 77.1 Å². The molecule has 0 bridgehead atoms. The third-order valence-corrected chi connectivity index (χ3v) is 3.41. The molecular weight excluding hydrogens is 294 g/mol. The van der Waals surface area contributed by atoms with Gasteiger partial charge in [0.25, 0.3) is 5.91 Å². The molecule has 0 aliphatic heterocycles. The molecular formula is C17H15N3O3. The summed E-state index contributed by atoms with van der Waals surface area (Å²) >= 11 is 0. The van der Waals surface area contributed by atoms with E-state index in [0.29, 0.717) is 5.56 Å². The fourth-order valence-corrected chi connectivity index (χ4v) is 2.34. The van der Waals surface area contributed by atoms with Gasteiger partial charge in [-0.1, -0.05) is 36.4 Å². The Morgan fingerprint density at radius 1 is 1.17 bits per heavy atom. The van der Waals surface area contributed by atoms with Crippen molar-refractivity contribution in [2.24, 2.45) is 7.05 Å². The fraction of sp³-hybridized carbons (Fsp3) is 0.118. The Morgan fingerprint density at radius 2 is 1.91 bits per heavy atom. The van der Waals surface area contributed by atoms with Gasteiger partial charge in [-0.05, 0) is 17.7 Å². The summed E-state index contributed by atoms with van der Waals surface area (Å²) in [4.78, 5) is 28.7. The molecule has 0 fully saturated rings. The molecule has 0 radical (unpaired) electrons. The number of aromatic nitrogens is 2. The van der Waals surface area contributed by atoms with Crippen molar-refractivity contribution >= 4 is 5.91 Å². The zero-order chi connectivity index (χ0) is 16.2. The van der Waals surface area contributed by atoms with E-state index in [-0.39, 0.29) is 23.7 Å². The Labute approximate surface area is 132 Å². The molecule has 0 spiro atoms. The Hall–Kier alpha value is -3.15. The third-order valence-electron chi connectivity index (χ3n) is 3.41. The van der Waals surface area contributed by atoms with E-state index in [2.05, 4.69) is 10.3 Å². The van der Waals surface area contributed by atoms with Gasteiger partial charge in [0.15, 0.2) is 5.69 Å². The molecule has 23 heavy (non-hydrogen) atoms. The number of benzene rings is 1. The zero-order valence-corrected chi connectivity index (χ0v) is 12.5. The highest BCUT2D eigenvalue weighted by Gasteiger charge is 2.23. The first-order valence-corrected chi connectivity index (χ1v) is 7.10. The molecule has 2 heterocycles. The molecule has 6 nitrogen and oxygen atoms in total. The van der Waals surface area contributed by atoms with Crippen molar-refractivity contribution < 1.29 is 9.32 Å². The minimum atomic E-state index is -0.540. The van der Waals surface area contributed by atoms with Gasteiger partial charge in [0, 0.05) is 13.2 Å². The number of carbonyl (C=O) groups is 1. The quantitative estimate of drug-likeness (QED) is 0.799. The second-order valence-electron chi connectivity index (χ2n) is 4.97. The van der Waals surface area contributed by atoms with E-state index >= 15 is 0 Å². The molecule has 0 saturated heterocycles. The van der Waals surface area contributed by atoms with Gasteiger partial charge in [-0.15, -0.1) is 0 Å². The maximum Gasteiger partial charge on any atom is 0.366 e.